The monoisotopic (exact) mass is 160 g/mol. The average Bonchev–Trinajstić information content (AvgIpc) is 2.02. The maximum absolute atomic E-state index is 10.8. The van der Waals surface area contributed by atoms with E-state index in [4.69, 9.17) is 5.11 Å². The lowest BCUT2D eigenvalue weighted by molar-refractivity contribution is -0.145. The molecule has 66 valence electrons. The average molecular weight is 160 g/mol. The summed E-state index contributed by atoms with van der Waals surface area (Å²) in [5.41, 5.74) is 0. The van der Waals surface area contributed by atoms with Crippen LogP contribution in [0.2, 0.25) is 0 Å². The molecule has 0 aromatic rings. The third-order valence-corrected chi connectivity index (χ3v) is 1.70. The van der Waals surface area contributed by atoms with E-state index in [2.05, 4.69) is 4.74 Å². The molecule has 0 aliphatic carbocycles. The molecule has 0 aromatic carbocycles. The fourth-order valence-corrected chi connectivity index (χ4v) is 0.872. The highest BCUT2D eigenvalue weighted by Gasteiger charge is 2.16. The van der Waals surface area contributed by atoms with Crippen molar-refractivity contribution >= 4 is 5.97 Å². The van der Waals surface area contributed by atoms with Crippen molar-refractivity contribution in [2.75, 3.05) is 7.11 Å². The van der Waals surface area contributed by atoms with Crippen molar-refractivity contribution in [2.45, 2.75) is 32.8 Å². The predicted octanol–water partition coefficient (Wildman–Crippen LogP) is 0.956. The van der Waals surface area contributed by atoms with Crippen LogP contribution in [0.5, 0.6) is 0 Å². The fraction of sp³-hybridized carbons (Fsp3) is 0.875. The molecule has 0 saturated heterocycles. The summed E-state index contributed by atoms with van der Waals surface area (Å²) in [5.74, 6) is -0.451. The van der Waals surface area contributed by atoms with E-state index in [1.807, 2.05) is 6.92 Å². The van der Waals surface area contributed by atoms with E-state index in [0.29, 0.717) is 12.8 Å². The van der Waals surface area contributed by atoms with Crippen molar-refractivity contribution < 1.29 is 14.6 Å². The van der Waals surface area contributed by atoms with E-state index in [-0.39, 0.29) is 18.0 Å². The van der Waals surface area contributed by atoms with Gasteiger partial charge in [-0.2, -0.15) is 0 Å². The van der Waals surface area contributed by atoms with Crippen LogP contribution in [0, 0.1) is 5.92 Å². The Labute approximate surface area is 67.4 Å². The van der Waals surface area contributed by atoms with Gasteiger partial charge in [0.05, 0.1) is 19.1 Å². The Balaban J connectivity index is 3.67. The van der Waals surface area contributed by atoms with E-state index in [1.54, 1.807) is 6.92 Å². The second-order valence-electron chi connectivity index (χ2n) is 2.72. The fourth-order valence-electron chi connectivity index (χ4n) is 0.872. The van der Waals surface area contributed by atoms with Gasteiger partial charge in [-0.25, -0.2) is 0 Å². The molecule has 0 aromatic heterocycles. The molecule has 11 heavy (non-hydrogen) atoms. The number of carbonyl (C=O) groups is 1. The highest BCUT2D eigenvalue weighted by Crippen LogP contribution is 2.09. The third-order valence-electron chi connectivity index (χ3n) is 1.70. The molecule has 0 aliphatic heterocycles. The van der Waals surface area contributed by atoms with Crippen molar-refractivity contribution in [3.8, 4) is 0 Å². The molecule has 0 spiro atoms. The van der Waals surface area contributed by atoms with Gasteiger partial charge >= 0.3 is 5.97 Å². The normalized spacial score (nSPS) is 15.6. The minimum atomic E-state index is -0.385. The first-order valence-corrected chi connectivity index (χ1v) is 3.87. The Kier molecular flexibility index (Phi) is 4.86. The molecular weight excluding hydrogens is 144 g/mol. The van der Waals surface area contributed by atoms with Crippen LogP contribution < -0.4 is 0 Å². The molecule has 0 aliphatic rings. The number of carbonyl (C=O) groups excluding carboxylic acids is 1. The van der Waals surface area contributed by atoms with Gasteiger partial charge in [0.25, 0.3) is 0 Å². The van der Waals surface area contributed by atoms with Crippen molar-refractivity contribution in [3.05, 3.63) is 0 Å². The van der Waals surface area contributed by atoms with Crippen LogP contribution in [-0.4, -0.2) is 24.3 Å². The summed E-state index contributed by atoms with van der Waals surface area (Å²) in [4.78, 5) is 10.8. The molecule has 2 atom stereocenters. The zero-order chi connectivity index (χ0) is 8.85. The molecule has 0 fully saturated rings. The van der Waals surface area contributed by atoms with Crippen LogP contribution in [0.3, 0.4) is 0 Å². The minimum absolute atomic E-state index is 0.199. The molecule has 1 N–H and O–H groups in total. The summed E-state index contributed by atoms with van der Waals surface area (Å²) in [6.07, 6.45) is 0.786. The lowest BCUT2D eigenvalue weighted by Crippen LogP contribution is -2.19. The smallest absolute Gasteiger partial charge is 0.308 e. The summed E-state index contributed by atoms with van der Waals surface area (Å²) in [6.45, 7) is 3.64. The van der Waals surface area contributed by atoms with Crippen LogP contribution in [-0.2, 0) is 9.53 Å². The zero-order valence-electron chi connectivity index (χ0n) is 7.33. The lowest BCUT2D eigenvalue weighted by Gasteiger charge is -2.12. The summed E-state index contributed by atoms with van der Waals surface area (Å²) >= 11 is 0. The second-order valence-corrected chi connectivity index (χ2v) is 2.72. The Bertz CT molecular complexity index is 123. The highest BCUT2D eigenvalue weighted by molar-refractivity contribution is 5.71. The summed E-state index contributed by atoms with van der Waals surface area (Å²) in [7, 11) is 1.36. The number of hydrogen-bond acceptors (Lipinski definition) is 3. The molecule has 0 amide bonds. The highest BCUT2D eigenvalue weighted by atomic mass is 16.5. The zero-order valence-corrected chi connectivity index (χ0v) is 7.33. The summed E-state index contributed by atoms with van der Waals surface area (Å²) in [6, 6.07) is 0. The first-order valence-electron chi connectivity index (χ1n) is 3.87. The van der Waals surface area contributed by atoms with Crippen LogP contribution in [0.1, 0.15) is 26.7 Å². The van der Waals surface area contributed by atoms with Crippen LogP contribution in [0.25, 0.3) is 0 Å². The SMILES string of the molecule is CC[C@@H](O)C[C@H](C)C(=O)OC. The second kappa shape index (κ2) is 5.13. The molecule has 0 unspecified atom stereocenters. The van der Waals surface area contributed by atoms with Crippen LogP contribution >= 0.6 is 0 Å². The number of ether oxygens (including phenoxy) is 1. The molecule has 0 heterocycles. The molecular formula is C8H16O3. The van der Waals surface area contributed by atoms with Gasteiger partial charge in [-0.1, -0.05) is 13.8 Å². The molecule has 3 heteroatoms. The van der Waals surface area contributed by atoms with E-state index < -0.39 is 0 Å². The first kappa shape index (κ1) is 10.4. The van der Waals surface area contributed by atoms with E-state index in [0.717, 1.165) is 0 Å². The van der Waals surface area contributed by atoms with Gasteiger partial charge in [0.2, 0.25) is 0 Å². The quantitative estimate of drug-likeness (QED) is 0.623. The first-order chi connectivity index (χ1) is 5.11. The maximum atomic E-state index is 10.8. The van der Waals surface area contributed by atoms with Gasteiger partial charge < -0.3 is 9.84 Å². The number of aliphatic hydroxyl groups is 1. The van der Waals surface area contributed by atoms with Gasteiger partial charge in [0, 0.05) is 0 Å². The molecule has 0 bridgehead atoms. The lowest BCUT2D eigenvalue weighted by atomic mass is 10.0. The number of methoxy groups -OCH3 is 1. The van der Waals surface area contributed by atoms with Crippen LogP contribution in [0.4, 0.5) is 0 Å². The Morgan fingerprint density at radius 3 is 2.55 bits per heavy atom. The number of rotatable bonds is 4. The summed E-state index contributed by atoms with van der Waals surface area (Å²) < 4.78 is 4.51. The Hall–Kier alpha value is -0.570. The number of aliphatic hydroxyl groups excluding tert-OH is 1. The minimum Gasteiger partial charge on any atom is -0.469 e. The number of esters is 1. The number of hydrogen-bond donors (Lipinski definition) is 1. The Morgan fingerprint density at radius 2 is 2.18 bits per heavy atom. The van der Waals surface area contributed by atoms with E-state index in [9.17, 15) is 4.79 Å². The van der Waals surface area contributed by atoms with Gasteiger partial charge in [-0.15, -0.1) is 0 Å². The third kappa shape index (κ3) is 3.98. The summed E-state index contributed by atoms with van der Waals surface area (Å²) in [5, 5.41) is 9.16. The van der Waals surface area contributed by atoms with Crippen molar-refractivity contribution in [2.24, 2.45) is 5.92 Å². The topological polar surface area (TPSA) is 46.5 Å². The van der Waals surface area contributed by atoms with Gasteiger partial charge in [-0.05, 0) is 12.8 Å². The molecule has 3 nitrogen and oxygen atoms in total. The molecule has 0 radical (unpaired) electrons. The van der Waals surface area contributed by atoms with Gasteiger partial charge in [0.1, 0.15) is 0 Å². The standard InChI is InChI=1S/C8H16O3/c1-4-7(9)5-6(2)8(10)11-3/h6-7,9H,4-5H2,1-3H3/t6-,7+/m0/s1. The van der Waals surface area contributed by atoms with Crippen LogP contribution in [0.15, 0.2) is 0 Å². The molecule has 0 rings (SSSR count). The van der Waals surface area contributed by atoms with Crippen molar-refractivity contribution in [1.29, 1.82) is 0 Å². The largest absolute Gasteiger partial charge is 0.469 e. The van der Waals surface area contributed by atoms with Crippen molar-refractivity contribution in [3.63, 3.8) is 0 Å². The maximum Gasteiger partial charge on any atom is 0.308 e. The van der Waals surface area contributed by atoms with Gasteiger partial charge in [0.15, 0.2) is 0 Å². The van der Waals surface area contributed by atoms with Gasteiger partial charge in [-0.3, -0.25) is 4.79 Å². The molecule has 0 saturated carbocycles. The van der Waals surface area contributed by atoms with Crippen molar-refractivity contribution in [1.82, 2.24) is 0 Å². The predicted molar refractivity (Wildman–Crippen MR) is 42.1 cm³/mol. The van der Waals surface area contributed by atoms with E-state index >= 15 is 0 Å². The van der Waals surface area contributed by atoms with E-state index in [1.165, 1.54) is 7.11 Å². The Morgan fingerprint density at radius 1 is 1.64 bits per heavy atom.